The fourth-order valence-corrected chi connectivity index (χ4v) is 0.944. The zero-order chi connectivity index (χ0) is 9.52. The first kappa shape index (κ1) is 10.1. The third-order valence-electron chi connectivity index (χ3n) is 1.43. The average Bonchev–Trinajstić information content (AvgIpc) is 2.15. The second kappa shape index (κ2) is 5.62. The zero-order valence-electron chi connectivity index (χ0n) is 7.11. The summed E-state index contributed by atoms with van der Waals surface area (Å²) in [4.78, 5) is 0. The van der Waals surface area contributed by atoms with Gasteiger partial charge < -0.3 is 9.84 Å². The highest BCUT2D eigenvalue weighted by atomic mass is 35.5. The van der Waals surface area contributed by atoms with E-state index in [1.807, 2.05) is 0 Å². The normalized spacial score (nSPS) is 10.6. The van der Waals surface area contributed by atoms with E-state index in [4.69, 9.17) is 21.4 Å². The van der Waals surface area contributed by atoms with Crippen LogP contribution >= 0.6 is 11.6 Å². The molecule has 1 aromatic carbocycles. The second-order valence-electron chi connectivity index (χ2n) is 2.42. The van der Waals surface area contributed by atoms with E-state index in [1.165, 1.54) is 0 Å². The van der Waals surface area contributed by atoms with Crippen molar-refractivity contribution in [1.29, 1.82) is 0 Å². The molecule has 0 bridgehead atoms. The summed E-state index contributed by atoms with van der Waals surface area (Å²) >= 11 is 5.69. The molecule has 2 nitrogen and oxygen atoms in total. The molecule has 0 fully saturated rings. The van der Waals surface area contributed by atoms with E-state index < -0.39 is 0 Å². The van der Waals surface area contributed by atoms with Crippen molar-refractivity contribution in [3.05, 3.63) is 41.4 Å². The van der Waals surface area contributed by atoms with Gasteiger partial charge in [0.2, 0.25) is 0 Å². The molecule has 0 aromatic heterocycles. The quantitative estimate of drug-likeness (QED) is 0.753. The van der Waals surface area contributed by atoms with Crippen LogP contribution in [0.15, 0.2) is 36.4 Å². The van der Waals surface area contributed by atoms with Crippen LogP contribution in [0.1, 0.15) is 0 Å². The zero-order valence-corrected chi connectivity index (χ0v) is 7.87. The van der Waals surface area contributed by atoms with E-state index in [-0.39, 0.29) is 6.61 Å². The Kier molecular flexibility index (Phi) is 4.36. The Bertz CT molecular complexity index is 267. The maximum Gasteiger partial charge on any atom is 0.119 e. The number of halogens is 1. The lowest BCUT2D eigenvalue weighted by Crippen LogP contribution is -1.93. The van der Waals surface area contributed by atoms with Crippen LogP contribution in [0.4, 0.5) is 0 Å². The van der Waals surface area contributed by atoms with Gasteiger partial charge in [0.05, 0.1) is 6.61 Å². The molecule has 0 aliphatic heterocycles. The minimum absolute atomic E-state index is 0.0456. The maximum absolute atomic E-state index is 8.44. The highest BCUT2D eigenvalue weighted by molar-refractivity contribution is 6.30. The van der Waals surface area contributed by atoms with E-state index in [0.717, 1.165) is 5.75 Å². The monoisotopic (exact) mass is 198 g/mol. The molecule has 0 saturated carbocycles. The number of ether oxygens (including phenoxy) is 1. The summed E-state index contributed by atoms with van der Waals surface area (Å²) in [6.45, 7) is 0.506. The molecular weight excluding hydrogens is 188 g/mol. The number of rotatable bonds is 4. The lowest BCUT2D eigenvalue weighted by atomic mass is 10.3. The van der Waals surface area contributed by atoms with Gasteiger partial charge in [-0.15, -0.1) is 0 Å². The fourth-order valence-electron chi connectivity index (χ4n) is 0.818. The summed E-state index contributed by atoms with van der Waals surface area (Å²) in [5, 5.41) is 9.13. The van der Waals surface area contributed by atoms with Crippen molar-refractivity contribution in [1.82, 2.24) is 0 Å². The van der Waals surface area contributed by atoms with Crippen LogP contribution in [0.5, 0.6) is 5.75 Å². The Hall–Kier alpha value is -0.990. The molecule has 0 saturated heterocycles. The Morgan fingerprint density at radius 2 is 1.92 bits per heavy atom. The summed E-state index contributed by atoms with van der Waals surface area (Å²) < 4.78 is 5.31. The van der Waals surface area contributed by atoms with Gasteiger partial charge in [0.1, 0.15) is 12.4 Å². The van der Waals surface area contributed by atoms with Crippen molar-refractivity contribution in [3.8, 4) is 5.75 Å². The molecule has 1 aromatic rings. The molecule has 0 spiro atoms. The highest BCUT2D eigenvalue weighted by Gasteiger charge is 1.90. The van der Waals surface area contributed by atoms with Crippen molar-refractivity contribution in [3.63, 3.8) is 0 Å². The molecule has 1 N–H and O–H groups in total. The van der Waals surface area contributed by atoms with Gasteiger partial charge in [-0.3, -0.25) is 0 Å². The SMILES string of the molecule is OC/C=C/COc1ccc(Cl)cc1. The van der Waals surface area contributed by atoms with Crippen molar-refractivity contribution in [2.75, 3.05) is 13.2 Å². The van der Waals surface area contributed by atoms with Crippen LogP contribution in [0.3, 0.4) is 0 Å². The Labute approximate surface area is 82.4 Å². The lowest BCUT2D eigenvalue weighted by molar-refractivity contribution is 0.336. The largest absolute Gasteiger partial charge is 0.490 e. The van der Waals surface area contributed by atoms with Crippen LogP contribution in [-0.4, -0.2) is 18.3 Å². The van der Waals surface area contributed by atoms with Gasteiger partial charge in [-0.2, -0.15) is 0 Å². The third kappa shape index (κ3) is 3.97. The molecule has 1 rings (SSSR count). The van der Waals surface area contributed by atoms with Gasteiger partial charge >= 0.3 is 0 Å². The number of hydrogen-bond acceptors (Lipinski definition) is 2. The van der Waals surface area contributed by atoms with Crippen molar-refractivity contribution in [2.24, 2.45) is 0 Å². The first-order valence-electron chi connectivity index (χ1n) is 3.97. The number of benzene rings is 1. The highest BCUT2D eigenvalue weighted by Crippen LogP contribution is 2.15. The van der Waals surface area contributed by atoms with Crippen molar-refractivity contribution < 1.29 is 9.84 Å². The molecule has 0 heterocycles. The van der Waals surface area contributed by atoms with Crippen molar-refractivity contribution in [2.45, 2.75) is 0 Å². The van der Waals surface area contributed by atoms with E-state index in [9.17, 15) is 0 Å². The first-order valence-corrected chi connectivity index (χ1v) is 4.35. The molecular formula is C10H11ClO2. The standard InChI is InChI=1S/C10H11ClO2/c11-9-3-5-10(6-4-9)13-8-2-1-7-12/h1-6,12H,7-8H2/b2-1+. The van der Waals surface area contributed by atoms with E-state index in [0.29, 0.717) is 11.6 Å². The number of aliphatic hydroxyl groups is 1. The molecule has 3 heteroatoms. The van der Waals surface area contributed by atoms with Crippen LogP contribution < -0.4 is 4.74 Å². The summed E-state index contributed by atoms with van der Waals surface area (Å²) in [6, 6.07) is 7.14. The minimum atomic E-state index is 0.0456. The number of hydrogen-bond donors (Lipinski definition) is 1. The Balaban J connectivity index is 2.37. The van der Waals surface area contributed by atoms with E-state index >= 15 is 0 Å². The second-order valence-corrected chi connectivity index (χ2v) is 2.86. The molecule has 13 heavy (non-hydrogen) atoms. The fraction of sp³-hybridized carbons (Fsp3) is 0.200. The Morgan fingerprint density at radius 3 is 2.54 bits per heavy atom. The van der Waals surface area contributed by atoms with Gasteiger partial charge in [0, 0.05) is 5.02 Å². The predicted molar refractivity (Wildman–Crippen MR) is 53.2 cm³/mol. The molecule has 0 aliphatic carbocycles. The smallest absolute Gasteiger partial charge is 0.119 e. The molecule has 0 amide bonds. The van der Waals surface area contributed by atoms with Crippen molar-refractivity contribution >= 4 is 11.6 Å². The van der Waals surface area contributed by atoms with Gasteiger partial charge in [-0.05, 0) is 30.3 Å². The third-order valence-corrected chi connectivity index (χ3v) is 1.68. The first-order chi connectivity index (χ1) is 6.33. The molecule has 0 atom stereocenters. The maximum atomic E-state index is 8.44. The van der Waals surface area contributed by atoms with Gasteiger partial charge in [-0.25, -0.2) is 0 Å². The summed E-state index contributed by atoms with van der Waals surface area (Å²) in [5.41, 5.74) is 0. The van der Waals surface area contributed by atoms with Gasteiger partial charge in [-0.1, -0.05) is 17.7 Å². The predicted octanol–water partition coefficient (Wildman–Crippen LogP) is 2.27. The van der Waals surface area contributed by atoms with E-state index in [2.05, 4.69) is 0 Å². The minimum Gasteiger partial charge on any atom is -0.490 e. The summed E-state index contributed by atoms with van der Waals surface area (Å²) in [5.74, 6) is 0.770. The molecule has 70 valence electrons. The van der Waals surface area contributed by atoms with Crippen LogP contribution in [0.25, 0.3) is 0 Å². The van der Waals surface area contributed by atoms with E-state index in [1.54, 1.807) is 36.4 Å². The summed E-state index contributed by atoms with van der Waals surface area (Å²) in [6.07, 6.45) is 3.39. The molecule has 0 unspecified atom stereocenters. The summed E-state index contributed by atoms with van der Waals surface area (Å²) in [7, 11) is 0. The average molecular weight is 199 g/mol. The van der Waals surface area contributed by atoms with Crippen LogP contribution in [0, 0.1) is 0 Å². The molecule has 0 radical (unpaired) electrons. The van der Waals surface area contributed by atoms with Gasteiger partial charge in [0.15, 0.2) is 0 Å². The molecule has 0 aliphatic rings. The van der Waals surface area contributed by atoms with Crippen LogP contribution in [0.2, 0.25) is 5.02 Å². The lowest BCUT2D eigenvalue weighted by Gasteiger charge is -2.01. The topological polar surface area (TPSA) is 29.5 Å². The van der Waals surface area contributed by atoms with Crippen LogP contribution in [-0.2, 0) is 0 Å². The Morgan fingerprint density at radius 1 is 1.23 bits per heavy atom. The number of aliphatic hydroxyl groups excluding tert-OH is 1. The van der Waals surface area contributed by atoms with Gasteiger partial charge in [0.25, 0.3) is 0 Å².